The summed E-state index contributed by atoms with van der Waals surface area (Å²) in [6.07, 6.45) is 4.27. The van der Waals surface area contributed by atoms with Crippen LogP contribution in [0.15, 0.2) is 140 Å². The molecular weight excluding hydrogens is 906 g/mol. The van der Waals surface area contributed by atoms with Crippen LogP contribution >= 0.6 is 35.2 Å². The maximum atomic E-state index is 9.75. The molecule has 4 nitrogen and oxygen atoms in total. The van der Waals surface area contributed by atoms with Gasteiger partial charge in [0.25, 0.3) is 0 Å². The third-order valence-electron chi connectivity index (χ3n) is 6.98. The zero-order valence-electron chi connectivity index (χ0n) is 28.9. The Morgan fingerprint density at radius 2 is 0.811 bits per heavy atom. The van der Waals surface area contributed by atoms with Gasteiger partial charge in [-0.15, -0.1) is 0 Å². The van der Waals surface area contributed by atoms with Gasteiger partial charge < -0.3 is 26.7 Å². The van der Waals surface area contributed by atoms with E-state index in [1.54, 1.807) is 0 Å². The molecule has 15 heteroatoms. The predicted molar refractivity (Wildman–Crippen MR) is 206 cm³/mol. The van der Waals surface area contributed by atoms with Crippen LogP contribution in [0.25, 0.3) is 0 Å². The number of hydrogen-bond acceptors (Lipinski definition) is 3. The molecule has 0 spiro atoms. The van der Waals surface area contributed by atoms with E-state index in [9.17, 15) is 17.3 Å². The van der Waals surface area contributed by atoms with Crippen LogP contribution in [0.4, 0.5) is 17.3 Å². The average molecular weight is 946 g/mol. The first-order valence-electron chi connectivity index (χ1n) is 16.3. The molecule has 5 rings (SSSR count). The van der Waals surface area contributed by atoms with Gasteiger partial charge in [0, 0.05) is 32.7 Å². The van der Waals surface area contributed by atoms with E-state index in [1.807, 2.05) is 12.1 Å². The van der Waals surface area contributed by atoms with Crippen LogP contribution in [-0.2, 0) is 62.0 Å². The fraction of sp³-hybridized carbons (Fsp3) is 0.211. The Morgan fingerprint density at radius 3 is 1.08 bits per heavy atom. The number of ether oxygens (including phenoxy) is 2. The summed E-state index contributed by atoms with van der Waals surface area (Å²) in [5, 5.41) is 5.68. The molecule has 0 aliphatic heterocycles. The largest absolute Gasteiger partial charge is 0.375 e. The summed E-state index contributed by atoms with van der Waals surface area (Å²) in [5.41, 5.74) is 1.92. The minimum absolute atomic E-state index is 0. The molecule has 5 aromatic rings. The molecule has 281 valence electrons. The van der Waals surface area contributed by atoms with Crippen LogP contribution in [0.1, 0.15) is 24.2 Å². The van der Waals surface area contributed by atoms with Crippen molar-refractivity contribution in [3.05, 3.63) is 158 Å². The van der Waals surface area contributed by atoms with E-state index in [1.165, 1.54) is 21.2 Å². The van der Waals surface area contributed by atoms with Gasteiger partial charge in [-0.3, -0.25) is 4.98 Å². The minimum atomic E-state index is -6.00. The van der Waals surface area contributed by atoms with Crippen molar-refractivity contribution in [2.45, 2.75) is 26.1 Å². The topological polar surface area (TPSA) is 51.2 Å². The molecule has 0 aliphatic rings. The summed E-state index contributed by atoms with van der Waals surface area (Å²) in [6.45, 7) is 7.02. The van der Waals surface area contributed by atoms with Crippen LogP contribution in [0.3, 0.4) is 0 Å². The number of nitrogens with zero attached hydrogens (tertiary/aromatic N) is 1. The van der Waals surface area contributed by atoms with Crippen LogP contribution in [0.2, 0.25) is 0 Å². The van der Waals surface area contributed by atoms with Crippen LogP contribution in [0.5, 0.6) is 0 Å². The molecule has 0 N–H and O–H groups in total. The summed E-state index contributed by atoms with van der Waals surface area (Å²) in [4.78, 5) is 4.79. The molecule has 0 saturated carbocycles. The molecule has 0 amide bonds. The van der Waals surface area contributed by atoms with Gasteiger partial charge in [-0.05, 0) is 74.4 Å². The van der Waals surface area contributed by atoms with Gasteiger partial charge in [0.1, 0.15) is 0 Å². The SMILES string of the molecule is F[B-](F)(F)F.[C-]#[O+].[Cl][Zn][Cl].[Rh].c1ccc(P(CCCOCc2cccc(COCCCP(c3ccccc3)c3ccccc3)n2)c2ccccc2)cc1. The molecule has 0 unspecified atom stereocenters. The zero-order valence-corrected chi connectivity index (χ0v) is 36.8. The van der Waals surface area contributed by atoms with Gasteiger partial charge in [-0.1, -0.05) is 127 Å². The Hall–Kier alpha value is -1.84. The number of aromatic nitrogens is 1. The van der Waals surface area contributed by atoms with E-state index in [4.69, 9.17) is 38.5 Å². The average Bonchev–Trinajstić information content (AvgIpc) is 3.16. The van der Waals surface area contributed by atoms with E-state index in [-0.39, 0.29) is 35.3 Å². The molecule has 0 atom stereocenters. The van der Waals surface area contributed by atoms with Crippen molar-refractivity contribution >= 4 is 63.7 Å². The first-order valence-corrected chi connectivity index (χ1v) is 27.2. The molecule has 0 aliphatic carbocycles. The van der Waals surface area contributed by atoms with Crippen LogP contribution < -0.4 is 21.2 Å². The smallest absolute Gasteiger partial charge is 0.0887 e. The summed E-state index contributed by atoms with van der Waals surface area (Å²) in [5.74, 6) is 0. The first-order chi connectivity index (χ1) is 25.3. The molecule has 4 aromatic carbocycles. The first kappa shape index (κ1) is 49.2. The fourth-order valence-electron chi connectivity index (χ4n) is 4.94. The quantitative estimate of drug-likeness (QED) is 0.0248. The van der Waals surface area contributed by atoms with Gasteiger partial charge in [0.05, 0.1) is 24.6 Å². The minimum Gasteiger partial charge on any atom is -0.375 e. The summed E-state index contributed by atoms with van der Waals surface area (Å²) in [7, 11) is 3.14. The number of pyridine rings is 1. The molecule has 0 saturated heterocycles. The molecule has 1 radical (unpaired) electrons. The second-order valence-corrected chi connectivity index (χ2v) is 20.0. The number of rotatable bonds is 16. The molecule has 53 heavy (non-hydrogen) atoms. The number of benzene rings is 4. The van der Waals surface area contributed by atoms with Crippen molar-refractivity contribution in [1.29, 1.82) is 0 Å². The van der Waals surface area contributed by atoms with Gasteiger partial charge in [0.2, 0.25) is 0 Å². The zero-order chi connectivity index (χ0) is 37.9. The molecule has 0 fully saturated rings. The van der Waals surface area contributed by atoms with Crippen LogP contribution in [-0.4, -0.2) is 37.8 Å². The number of halogens is 6. The van der Waals surface area contributed by atoms with E-state index in [2.05, 4.69) is 134 Å². The van der Waals surface area contributed by atoms with Crippen molar-refractivity contribution in [3.63, 3.8) is 0 Å². The fourth-order valence-corrected chi connectivity index (χ4v) is 9.59. The Kier molecular flexibility index (Phi) is 28.2. The molecule has 0 bridgehead atoms. The summed E-state index contributed by atoms with van der Waals surface area (Å²) < 4.78 is 58.6. The Morgan fingerprint density at radius 1 is 0.547 bits per heavy atom. The van der Waals surface area contributed by atoms with Crippen molar-refractivity contribution in [3.8, 4) is 0 Å². The van der Waals surface area contributed by atoms with Crippen molar-refractivity contribution in [2.24, 2.45) is 0 Å². The summed E-state index contributed by atoms with van der Waals surface area (Å²) in [6, 6.07) is 49.6. The maximum Gasteiger partial charge on any atom is 0.0887 e. The Balaban J connectivity index is 0.00000115. The van der Waals surface area contributed by atoms with Crippen molar-refractivity contribution < 1.29 is 66.0 Å². The second-order valence-electron chi connectivity index (χ2n) is 10.7. The van der Waals surface area contributed by atoms with E-state index in [0.717, 1.165) is 49.8 Å². The monoisotopic (exact) mass is 943 g/mol. The maximum absolute atomic E-state index is 9.75. The normalized spacial score (nSPS) is 10.3. The molecular formula is C38H39BCl2F4NO3P2RhZn-. The third kappa shape index (κ3) is 22.3. The Bertz CT molecular complexity index is 1450. The Labute approximate surface area is 341 Å². The van der Waals surface area contributed by atoms with Crippen molar-refractivity contribution in [1.82, 2.24) is 4.98 Å². The van der Waals surface area contributed by atoms with Gasteiger partial charge in [-0.2, -0.15) is 0 Å². The predicted octanol–water partition coefficient (Wildman–Crippen LogP) is 9.80. The number of hydrogen-bond donors (Lipinski definition) is 0. The third-order valence-corrected chi connectivity index (χ3v) is 12.2. The summed E-state index contributed by atoms with van der Waals surface area (Å²) >= 11 is -0.931. The van der Waals surface area contributed by atoms with Gasteiger partial charge in [0.15, 0.2) is 0 Å². The van der Waals surface area contributed by atoms with Gasteiger partial charge >= 0.3 is 53.1 Å². The molecule has 1 heterocycles. The molecule has 1 aromatic heterocycles. The van der Waals surface area contributed by atoms with Gasteiger partial charge in [-0.25, -0.2) is 0 Å². The van der Waals surface area contributed by atoms with E-state index >= 15 is 0 Å². The van der Waals surface area contributed by atoms with E-state index in [0.29, 0.717) is 13.2 Å². The second kappa shape index (κ2) is 30.4. The van der Waals surface area contributed by atoms with Crippen LogP contribution in [0, 0.1) is 6.65 Å². The van der Waals surface area contributed by atoms with Crippen molar-refractivity contribution in [2.75, 3.05) is 25.5 Å². The standard InChI is InChI=1S/C37H39NO2P2.CO.BF4.2ClH.Rh.Zn/c1-5-18-34(19-6-1)41(35-20-7-2-8-21-35)28-14-26-39-30-32-16-13-17-33(38-32)31-40-27-15-29-42(36-22-9-3-10-23-36)37-24-11-4-12-25-37;1-2;2-1(3,4)5;;;;/h1-13,16-25H,14-15,26-31H2;;;2*1H;;/q;;-1;;;;+2/p-2. The van der Waals surface area contributed by atoms with E-state index < -0.39 is 22.4 Å².